The molecule has 0 spiro atoms. The molecule has 5 unspecified atom stereocenters. The first-order valence-corrected chi connectivity index (χ1v) is 14.2. The van der Waals surface area contributed by atoms with Crippen LogP contribution in [0.5, 0.6) is 5.75 Å². The summed E-state index contributed by atoms with van der Waals surface area (Å²) in [7, 11) is 1.70. The van der Waals surface area contributed by atoms with E-state index in [9.17, 15) is 9.59 Å². The maximum Gasteiger partial charge on any atom is 0.223 e. The van der Waals surface area contributed by atoms with Crippen molar-refractivity contribution in [2.45, 2.75) is 91.0 Å². The topological polar surface area (TPSA) is 58.6 Å². The molecular formula is C30H46N2O3. The van der Waals surface area contributed by atoms with E-state index < -0.39 is 0 Å². The molecule has 1 heterocycles. The first-order chi connectivity index (χ1) is 16.9. The second kappa shape index (κ2) is 11.0. The normalized spacial score (nSPS) is 33.7. The Morgan fingerprint density at radius 3 is 2.74 bits per heavy atom. The van der Waals surface area contributed by atoms with Gasteiger partial charge in [0.15, 0.2) is 0 Å². The fourth-order valence-electron chi connectivity index (χ4n) is 7.75. The number of likely N-dealkylation sites (tertiary alicyclic amines) is 1. The third kappa shape index (κ3) is 4.90. The number of ketones is 1. The highest BCUT2D eigenvalue weighted by Gasteiger charge is 2.60. The van der Waals surface area contributed by atoms with E-state index in [0.29, 0.717) is 24.0 Å². The van der Waals surface area contributed by atoms with E-state index >= 15 is 0 Å². The van der Waals surface area contributed by atoms with Gasteiger partial charge in [0.05, 0.1) is 6.61 Å². The number of fused-ring (bicyclic) bond motifs is 5. The molecule has 1 N–H and O–H groups in total. The van der Waals surface area contributed by atoms with E-state index in [1.54, 1.807) is 7.05 Å². The summed E-state index contributed by atoms with van der Waals surface area (Å²) in [4.78, 5) is 28.2. The Labute approximate surface area is 212 Å². The van der Waals surface area contributed by atoms with Crippen LogP contribution < -0.4 is 10.1 Å². The van der Waals surface area contributed by atoms with E-state index in [-0.39, 0.29) is 23.2 Å². The second-order valence-electron chi connectivity index (χ2n) is 11.2. The van der Waals surface area contributed by atoms with Gasteiger partial charge in [0.2, 0.25) is 5.91 Å². The fraction of sp³-hybridized carbons (Fsp3) is 0.733. The molecule has 5 nitrogen and oxygen atoms in total. The van der Waals surface area contributed by atoms with Gasteiger partial charge in [0.1, 0.15) is 11.5 Å². The van der Waals surface area contributed by atoms with Crippen LogP contribution in [0.2, 0.25) is 0 Å². The van der Waals surface area contributed by atoms with Gasteiger partial charge in [-0.1, -0.05) is 26.8 Å². The number of carbonyl (C=O) groups excluding carboxylic acids is 2. The summed E-state index contributed by atoms with van der Waals surface area (Å²) in [6.45, 7) is 11.6. The molecule has 1 amide bonds. The summed E-state index contributed by atoms with van der Waals surface area (Å²) in [5, 5.41) is 2.83. The zero-order chi connectivity index (χ0) is 25.2. The average Bonchev–Trinajstić information content (AvgIpc) is 3.41. The van der Waals surface area contributed by atoms with E-state index in [1.807, 2.05) is 13.8 Å². The monoisotopic (exact) mass is 482 g/mol. The standard InChI is InChI=1S/C28H40N2O3.C2H6/c1-18-6-4-13-30(18)14-5-15-33-20-8-10-21-19(16-20)7-9-23-22(21)11-12-28(2)25(31)17-24(26(23)28)27(32)29-3;1-2/h8,10,16,18,22-24,26H,4-7,9,11-15,17H2,1-3H3,(H,29,32);1-2H3/t18?,22?,23?,24-,26?,28?;/m0./s1. The fourth-order valence-corrected chi connectivity index (χ4v) is 7.75. The molecule has 1 saturated heterocycles. The van der Waals surface area contributed by atoms with E-state index in [4.69, 9.17) is 4.74 Å². The lowest BCUT2D eigenvalue weighted by Crippen LogP contribution is -2.46. The summed E-state index contributed by atoms with van der Waals surface area (Å²) in [5.41, 5.74) is 2.51. The molecule has 5 heteroatoms. The quantitative estimate of drug-likeness (QED) is 0.554. The predicted octanol–water partition coefficient (Wildman–Crippen LogP) is 5.36. The van der Waals surface area contributed by atoms with Crippen LogP contribution in [0.4, 0.5) is 0 Å². The number of carbonyl (C=O) groups is 2. The van der Waals surface area contributed by atoms with Gasteiger partial charge < -0.3 is 15.0 Å². The van der Waals surface area contributed by atoms with Gasteiger partial charge in [0, 0.05) is 37.4 Å². The minimum atomic E-state index is -0.328. The number of amides is 1. The molecule has 1 aromatic rings. The number of hydrogen-bond donors (Lipinski definition) is 1. The zero-order valence-electron chi connectivity index (χ0n) is 22.6. The SMILES string of the molecule is CC.CNC(=O)[C@H]1CC(=O)C2(C)CCC3c4ccc(OCCCN5CCCC5C)cc4CCC3C12. The van der Waals surface area contributed by atoms with Crippen molar-refractivity contribution in [3.63, 3.8) is 0 Å². The Morgan fingerprint density at radius 1 is 1.23 bits per heavy atom. The van der Waals surface area contributed by atoms with Gasteiger partial charge >= 0.3 is 0 Å². The summed E-state index contributed by atoms with van der Waals surface area (Å²) < 4.78 is 6.14. The molecule has 4 aliphatic rings. The third-order valence-electron chi connectivity index (χ3n) is 9.56. The predicted molar refractivity (Wildman–Crippen MR) is 141 cm³/mol. The summed E-state index contributed by atoms with van der Waals surface area (Å²) >= 11 is 0. The molecule has 0 bridgehead atoms. The summed E-state index contributed by atoms with van der Waals surface area (Å²) in [5.74, 6) is 2.22. The molecule has 1 aromatic carbocycles. The summed E-state index contributed by atoms with van der Waals surface area (Å²) in [6, 6.07) is 7.40. The van der Waals surface area contributed by atoms with Crippen molar-refractivity contribution in [1.29, 1.82) is 0 Å². The molecule has 194 valence electrons. The van der Waals surface area contributed by atoms with Crippen LogP contribution in [0.1, 0.15) is 89.7 Å². The second-order valence-corrected chi connectivity index (χ2v) is 11.2. The molecule has 1 aliphatic heterocycles. The highest BCUT2D eigenvalue weighted by molar-refractivity contribution is 5.94. The average molecular weight is 483 g/mol. The number of hydrogen-bond acceptors (Lipinski definition) is 4. The van der Waals surface area contributed by atoms with Crippen molar-refractivity contribution >= 4 is 11.7 Å². The Hall–Kier alpha value is -1.88. The molecule has 3 fully saturated rings. The number of Topliss-reactive ketones (excluding diaryl/α,β-unsaturated/α-hetero) is 1. The molecule has 3 aliphatic carbocycles. The lowest BCUT2D eigenvalue weighted by molar-refractivity contribution is -0.130. The minimum absolute atomic E-state index is 0.0515. The Kier molecular flexibility index (Phi) is 8.25. The Balaban J connectivity index is 0.00000141. The van der Waals surface area contributed by atoms with Crippen molar-refractivity contribution in [2.75, 3.05) is 26.7 Å². The Bertz CT molecular complexity index is 915. The molecular weight excluding hydrogens is 436 g/mol. The maximum absolute atomic E-state index is 13.0. The van der Waals surface area contributed by atoms with Crippen LogP contribution in [0, 0.1) is 23.2 Å². The first kappa shape index (κ1) is 26.2. The molecule has 35 heavy (non-hydrogen) atoms. The molecule has 0 radical (unpaired) electrons. The zero-order valence-corrected chi connectivity index (χ0v) is 22.6. The van der Waals surface area contributed by atoms with E-state index in [0.717, 1.165) is 57.0 Å². The number of nitrogens with one attached hydrogen (secondary N) is 1. The van der Waals surface area contributed by atoms with Crippen LogP contribution in [0.3, 0.4) is 0 Å². The maximum atomic E-state index is 13.0. The first-order valence-electron chi connectivity index (χ1n) is 14.2. The smallest absolute Gasteiger partial charge is 0.223 e. The third-order valence-corrected chi connectivity index (χ3v) is 9.56. The van der Waals surface area contributed by atoms with Crippen molar-refractivity contribution in [1.82, 2.24) is 10.2 Å². The number of rotatable bonds is 6. The van der Waals surface area contributed by atoms with Crippen molar-refractivity contribution in [2.24, 2.45) is 23.2 Å². The number of ether oxygens (including phenoxy) is 1. The van der Waals surface area contributed by atoms with Gasteiger partial charge in [-0.25, -0.2) is 0 Å². The van der Waals surface area contributed by atoms with Crippen LogP contribution >= 0.6 is 0 Å². The highest BCUT2D eigenvalue weighted by atomic mass is 16.5. The lowest BCUT2D eigenvalue weighted by Gasteiger charge is -2.49. The van der Waals surface area contributed by atoms with Gasteiger partial charge in [-0.15, -0.1) is 0 Å². The molecule has 0 aromatic heterocycles. The number of nitrogens with zero attached hydrogens (tertiary/aromatic N) is 1. The van der Waals surface area contributed by atoms with Gasteiger partial charge in [-0.2, -0.15) is 0 Å². The van der Waals surface area contributed by atoms with Crippen LogP contribution in [-0.2, 0) is 16.0 Å². The lowest BCUT2D eigenvalue weighted by atomic mass is 9.54. The Morgan fingerprint density at radius 2 is 2.03 bits per heavy atom. The largest absolute Gasteiger partial charge is 0.494 e. The highest BCUT2D eigenvalue weighted by Crippen LogP contribution is 2.61. The number of benzene rings is 1. The van der Waals surface area contributed by atoms with Gasteiger partial charge in [0.25, 0.3) is 0 Å². The van der Waals surface area contributed by atoms with Crippen LogP contribution in [-0.4, -0.2) is 49.4 Å². The van der Waals surface area contributed by atoms with Crippen molar-refractivity contribution in [3.8, 4) is 5.75 Å². The molecule has 2 saturated carbocycles. The van der Waals surface area contributed by atoms with Crippen molar-refractivity contribution in [3.05, 3.63) is 29.3 Å². The van der Waals surface area contributed by atoms with E-state index in [1.165, 1.54) is 30.5 Å². The molecule has 6 atom stereocenters. The van der Waals surface area contributed by atoms with E-state index in [2.05, 4.69) is 42.3 Å². The van der Waals surface area contributed by atoms with Crippen LogP contribution in [0.15, 0.2) is 18.2 Å². The number of aryl methyl sites for hydroxylation is 1. The van der Waals surface area contributed by atoms with Gasteiger partial charge in [-0.05, 0) is 99.4 Å². The van der Waals surface area contributed by atoms with Crippen LogP contribution in [0.25, 0.3) is 0 Å². The van der Waals surface area contributed by atoms with Crippen molar-refractivity contribution < 1.29 is 14.3 Å². The minimum Gasteiger partial charge on any atom is -0.494 e. The van der Waals surface area contributed by atoms with Gasteiger partial charge in [-0.3, -0.25) is 9.59 Å². The summed E-state index contributed by atoms with van der Waals surface area (Å²) in [6.07, 6.45) is 8.16. The molecule has 5 rings (SSSR count).